The van der Waals surface area contributed by atoms with Gasteiger partial charge in [0.2, 0.25) is 0 Å². The summed E-state index contributed by atoms with van der Waals surface area (Å²) in [5.74, 6) is -0.204. The molecule has 6 heteroatoms. The summed E-state index contributed by atoms with van der Waals surface area (Å²) in [5.41, 5.74) is 2.75. The molecule has 0 radical (unpaired) electrons. The number of methoxy groups -OCH3 is 1. The summed E-state index contributed by atoms with van der Waals surface area (Å²) < 4.78 is 34.9. The fourth-order valence-electron chi connectivity index (χ4n) is 2.33. The Labute approximate surface area is 148 Å². The second-order valence-corrected chi connectivity index (χ2v) is 7.97. The molecule has 0 spiro atoms. The van der Waals surface area contributed by atoms with Crippen LogP contribution >= 0.6 is 0 Å². The van der Waals surface area contributed by atoms with E-state index in [4.69, 9.17) is 9.47 Å². The van der Waals surface area contributed by atoms with Gasteiger partial charge in [-0.15, -0.1) is 0 Å². The first-order chi connectivity index (χ1) is 11.8. The van der Waals surface area contributed by atoms with E-state index in [2.05, 4.69) is 0 Å². The lowest BCUT2D eigenvalue weighted by Gasteiger charge is -2.10. The Balaban J connectivity index is 1.92. The number of hydrogen-bond donors (Lipinski definition) is 0. The summed E-state index contributed by atoms with van der Waals surface area (Å²) in [6.45, 7) is 3.86. The summed E-state index contributed by atoms with van der Waals surface area (Å²) in [6.07, 6.45) is -0.190. The highest BCUT2D eigenvalue weighted by molar-refractivity contribution is 7.91. The molecule has 25 heavy (non-hydrogen) atoms. The molecule has 0 aromatic heterocycles. The van der Waals surface area contributed by atoms with E-state index < -0.39 is 15.8 Å². The Hall–Kier alpha value is -2.34. The molecule has 0 aliphatic carbocycles. The molecule has 134 valence electrons. The van der Waals surface area contributed by atoms with Gasteiger partial charge >= 0.3 is 5.97 Å². The molecule has 0 N–H and O–H groups in total. The largest absolute Gasteiger partial charge is 0.496 e. The smallest absolute Gasteiger partial charge is 0.307 e. The van der Waals surface area contributed by atoms with Gasteiger partial charge in [-0.25, -0.2) is 8.42 Å². The number of benzene rings is 2. The molecule has 0 unspecified atom stereocenters. The van der Waals surface area contributed by atoms with Crippen LogP contribution in [0.1, 0.15) is 23.1 Å². The Morgan fingerprint density at radius 3 is 2.28 bits per heavy atom. The molecule has 0 aliphatic heterocycles. The second kappa shape index (κ2) is 8.16. The minimum Gasteiger partial charge on any atom is -0.496 e. The SMILES string of the molecule is COc1ccc(C)cc1COC(=O)CCS(=O)(=O)c1ccc(C)cc1. The maximum absolute atomic E-state index is 12.2. The lowest BCUT2D eigenvalue weighted by atomic mass is 10.1. The number of carbonyl (C=O) groups excluding carboxylic acids is 1. The molecule has 2 rings (SSSR count). The van der Waals surface area contributed by atoms with Crippen LogP contribution in [0.5, 0.6) is 5.75 Å². The number of rotatable bonds is 7. The van der Waals surface area contributed by atoms with Crippen LogP contribution < -0.4 is 4.74 Å². The number of carbonyl (C=O) groups is 1. The van der Waals surface area contributed by atoms with E-state index in [1.165, 1.54) is 0 Å². The van der Waals surface area contributed by atoms with Crippen LogP contribution in [0.3, 0.4) is 0 Å². The van der Waals surface area contributed by atoms with Crippen LogP contribution in [0, 0.1) is 13.8 Å². The monoisotopic (exact) mass is 362 g/mol. The molecule has 0 atom stereocenters. The summed E-state index contributed by atoms with van der Waals surface area (Å²) in [4.78, 5) is 12.1. The maximum atomic E-state index is 12.2. The zero-order valence-electron chi connectivity index (χ0n) is 14.6. The fourth-order valence-corrected chi connectivity index (χ4v) is 3.55. The van der Waals surface area contributed by atoms with Crippen molar-refractivity contribution in [3.63, 3.8) is 0 Å². The van der Waals surface area contributed by atoms with E-state index in [9.17, 15) is 13.2 Å². The lowest BCUT2D eigenvalue weighted by molar-refractivity contribution is -0.144. The predicted octanol–water partition coefficient (Wildman–Crippen LogP) is 3.22. The summed E-state index contributed by atoms with van der Waals surface area (Å²) in [5, 5.41) is 0. The maximum Gasteiger partial charge on any atom is 0.307 e. The van der Waals surface area contributed by atoms with Gasteiger partial charge in [-0.2, -0.15) is 0 Å². The Morgan fingerprint density at radius 2 is 1.64 bits per heavy atom. The average molecular weight is 362 g/mol. The van der Waals surface area contributed by atoms with Gasteiger partial charge in [0.1, 0.15) is 12.4 Å². The van der Waals surface area contributed by atoms with E-state index in [-0.39, 0.29) is 23.7 Å². The minimum absolute atomic E-state index is 0.0499. The van der Waals surface area contributed by atoms with Crippen molar-refractivity contribution < 1.29 is 22.7 Å². The predicted molar refractivity (Wildman–Crippen MR) is 95.4 cm³/mol. The molecule has 0 saturated carbocycles. The molecule has 0 bridgehead atoms. The van der Waals surface area contributed by atoms with Crippen molar-refractivity contribution in [3.05, 3.63) is 59.2 Å². The quantitative estimate of drug-likeness (QED) is 0.707. The Bertz CT molecular complexity index is 839. The molecule has 0 amide bonds. The van der Waals surface area contributed by atoms with Gasteiger partial charge in [-0.3, -0.25) is 4.79 Å². The molecule has 5 nitrogen and oxygen atoms in total. The number of ether oxygens (including phenoxy) is 2. The van der Waals surface area contributed by atoms with Crippen molar-refractivity contribution in [3.8, 4) is 5.75 Å². The van der Waals surface area contributed by atoms with Crippen LogP contribution in [-0.4, -0.2) is 27.2 Å². The normalized spacial score (nSPS) is 11.2. The average Bonchev–Trinajstić information content (AvgIpc) is 2.59. The van der Waals surface area contributed by atoms with Crippen LogP contribution in [0.25, 0.3) is 0 Å². The van der Waals surface area contributed by atoms with Crippen LogP contribution in [0.4, 0.5) is 0 Å². The van der Waals surface area contributed by atoms with Crippen molar-refractivity contribution in [1.82, 2.24) is 0 Å². The van der Waals surface area contributed by atoms with Gasteiger partial charge in [0.05, 0.1) is 24.2 Å². The molecule has 2 aromatic rings. The molecule has 0 fully saturated rings. The number of hydrogen-bond acceptors (Lipinski definition) is 5. The van der Waals surface area contributed by atoms with Crippen LogP contribution in [0.15, 0.2) is 47.4 Å². The van der Waals surface area contributed by atoms with E-state index in [1.54, 1.807) is 37.4 Å². The topological polar surface area (TPSA) is 69.7 Å². The van der Waals surface area contributed by atoms with Gasteiger partial charge in [0.15, 0.2) is 9.84 Å². The fraction of sp³-hybridized carbons (Fsp3) is 0.316. The zero-order valence-corrected chi connectivity index (χ0v) is 15.4. The van der Waals surface area contributed by atoms with Crippen molar-refractivity contribution in [2.45, 2.75) is 31.8 Å². The van der Waals surface area contributed by atoms with E-state index in [1.807, 2.05) is 26.0 Å². The third kappa shape index (κ3) is 5.32. The Kier molecular flexibility index (Phi) is 6.20. The van der Waals surface area contributed by atoms with Crippen molar-refractivity contribution in [2.75, 3.05) is 12.9 Å². The number of esters is 1. The molecule has 0 saturated heterocycles. The Morgan fingerprint density at radius 1 is 1.00 bits per heavy atom. The van der Waals surface area contributed by atoms with Crippen molar-refractivity contribution >= 4 is 15.8 Å². The van der Waals surface area contributed by atoms with Gasteiger partial charge in [0.25, 0.3) is 0 Å². The first-order valence-corrected chi connectivity index (χ1v) is 9.55. The standard InChI is InChI=1S/C19H22O5S/c1-14-4-7-17(8-5-14)25(21,22)11-10-19(20)24-13-16-12-15(2)6-9-18(16)23-3/h4-9,12H,10-11,13H2,1-3H3. The van der Waals surface area contributed by atoms with Gasteiger partial charge in [-0.05, 0) is 38.1 Å². The third-order valence-electron chi connectivity index (χ3n) is 3.78. The molecular weight excluding hydrogens is 340 g/mol. The van der Waals surface area contributed by atoms with Gasteiger partial charge < -0.3 is 9.47 Å². The van der Waals surface area contributed by atoms with Gasteiger partial charge in [-0.1, -0.05) is 29.3 Å². The van der Waals surface area contributed by atoms with Crippen molar-refractivity contribution in [2.24, 2.45) is 0 Å². The van der Waals surface area contributed by atoms with E-state index >= 15 is 0 Å². The highest BCUT2D eigenvalue weighted by Gasteiger charge is 2.17. The van der Waals surface area contributed by atoms with Gasteiger partial charge in [0, 0.05) is 5.56 Å². The van der Waals surface area contributed by atoms with E-state index in [0.717, 1.165) is 16.7 Å². The lowest BCUT2D eigenvalue weighted by Crippen LogP contribution is -2.14. The summed E-state index contributed by atoms with van der Waals surface area (Å²) >= 11 is 0. The second-order valence-electron chi connectivity index (χ2n) is 5.86. The molecular formula is C19H22O5S. The van der Waals surface area contributed by atoms with E-state index in [0.29, 0.717) is 5.75 Å². The number of aryl methyl sites for hydroxylation is 2. The van der Waals surface area contributed by atoms with Crippen LogP contribution in [-0.2, 0) is 26.0 Å². The summed E-state index contributed by atoms with van der Waals surface area (Å²) in [6, 6.07) is 12.1. The zero-order chi connectivity index (χ0) is 18.4. The molecule has 0 heterocycles. The first kappa shape index (κ1) is 19.0. The third-order valence-corrected chi connectivity index (χ3v) is 5.51. The van der Waals surface area contributed by atoms with Crippen LogP contribution in [0.2, 0.25) is 0 Å². The minimum atomic E-state index is -3.50. The summed E-state index contributed by atoms with van der Waals surface area (Å²) in [7, 11) is -1.95. The highest BCUT2D eigenvalue weighted by atomic mass is 32.2. The van der Waals surface area contributed by atoms with Crippen molar-refractivity contribution in [1.29, 1.82) is 0 Å². The molecule has 0 aliphatic rings. The highest BCUT2D eigenvalue weighted by Crippen LogP contribution is 2.21. The molecule has 2 aromatic carbocycles. The number of sulfone groups is 1. The first-order valence-electron chi connectivity index (χ1n) is 7.90.